The zero-order valence-corrected chi connectivity index (χ0v) is 16.9. The molecule has 0 radical (unpaired) electrons. The summed E-state index contributed by atoms with van der Waals surface area (Å²) in [5.41, 5.74) is 0.792. The molecule has 1 fully saturated rings. The number of sulfonamides is 1. The van der Waals surface area contributed by atoms with Crippen LogP contribution in [-0.2, 0) is 25.0 Å². The summed E-state index contributed by atoms with van der Waals surface area (Å²) in [6.07, 6.45) is 1.99. The molecule has 1 atom stereocenters. The first-order valence-electron chi connectivity index (χ1n) is 8.99. The van der Waals surface area contributed by atoms with Crippen molar-refractivity contribution in [2.24, 2.45) is 0 Å². The van der Waals surface area contributed by atoms with Gasteiger partial charge < -0.3 is 4.74 Å². The minimum absolute atomic E-state index is 0.119. The Morgan fingerprint density at radius 2 is 1.93 bits per heavy atom. The maximum absolute atomic E-state index is 13.7. The van der Waals surface area contributed by atoms with Crippen LogP contribution in [0.1, 0.15) is 36.4 Å². The van der Waals surface area contributed by atoms with E-state index in [0.717, 1.165) is 16.2 Å². The van der Waals surface area contributed by atoms with E-state index >= 15 is 0 Å². The maximum atomic E-state index is 13.7. The molecule has 1 N–H and O–H groups in total. The molecule has 1 heterocycles. The van der Waals surface area contributed by atoms with Crippen molar-refractivity contribution in [1.82, 2.24) is 4.72 Å². The highest BCUT2D eigenvalue weighted by atomic mass is 32.2. The van der Waals surface area contributed by atoms with E-state index in [1.54, 1.807) is 30.0 Å². The molecule has 28 heavy (non-hydrogen) atoms. The van der Waals surface area contributed by atoms with E-state index in [0.29, 0.717) is 24.8 Å². The number of esters is 1. The van der Waals surface area contributed by atoms with Gasteiger partial charge in [-0.05, 0) is 66.5 Å². The third-order valence-electron chi connectivity index (χ3n) is 5.35. The highest BCUT2D eigenvalue weighted by Gasteiger charge is 2.52. The first kappa shape index (κ1) is 19.4. The Bertz CT molecular complexity index is 1020. The third-order valence-corrected chi connectivity index (χ3v) is 7.96. The van der Waals surface area contributed by atoms with Crippen LogP contribution in [0.3, 0.4) is 0 Å². The molecule has 148 valence electrons. The van der Waals surface area contributed by atoms with E-state index in [9.17, 15) is 17.6 Å². The number of carbonyl (C=O) groups excluding carboxylic acids is 1. The average molecular weight is 422 g/mol. The first-order chi connectivity index (χ1) is 13.4. The van der Waals surface area contributed by atoms with Crippen molar-refractivity contribution in [2.45, 2.75) is 40.5 Å². The minimum Gasteiger partial charge on any atom is -0.468 e. The lowest BCUT2D eigenvalue weighted by atomic mass is 9.96. The van der Waals surface area contributed by atoms with Crippen LogP contribution in [-0.4, -0.2) is 27.2 Å². The fourth-order valence-electron chi connectivity index (χ4n) is 3.63. The van der Waals surface area contributed by atoms with Gasteiger partial charge in [-0.2, -0.15) is 0 Å². The fourth-order valence-corrected chi connectivity index (χ4v) is 5.98. The molecule has 2 aliphatic rings. The Morgan fingerprint density at radius 1 is 1.21 bits per heavy atom. The standard InChI is InChI=1S/C20H20FNO4S2/c1-26-19(23)20(9-10-20)13-2-5-15(6-3-13)28(24,25)22-17-8-11-27-18-7-4-14(21)12-16(17)18/h2-7,12,17,22H,8-11H2,1H3. The SMILES string of the molecule is COC(=O)C1(c2ccc(S(=O)(=O)NC3CCSc4ccc(F)cc43)cc2)CC1. The molecule has 5 nitrogen and oxygen atoms in total. The van der Waals surface area contributed by atoms with Crippen LogP contribution in [0, 0.1) is 5.82 Å². The van der Waals surface area contributed by atoms with Crippen LogP contribution in [0.15, 0.2) is 52.3 Å². The van der Waals surface area contributed by atoms with Crippen LogP contribution in [0.2, 0.25) is 0 Å². The largest absolute Gasteiger partial charge is 0.468 e. The number of benzene rings is 2. The second kappa shape index (κ2) is 7.17. The van der Waals surface area contributed by atoms with E-state index in [1.165, 1.54) is 31.4 Å². The molecule has 0 saturated heterocycles. The second-order valence-electron chi connectivity index (χ2n) is 7.09. The molecule has 2 aromatic carbocycles. The number of rotatable bonds is 5. The van der Waals surface area contributed by atoms with Gasteiger partial charge in [-0.1, -0.05) is 12.1 Å². The molecule has 0 bridgehead atoms. The number of hydrogen-bond acceptors (Lipinski definition) is 5. The Labute approximate surface area is 167 Å². The molecular weight excluding hydrogens is 401 g/mol. The molecule has 1 unspecified atom stereocenters. The zero-order chi connectivity index (χ0) is 19.9. The lowest BCUT2D eigenvalue weighted by molar-refractivity contribution is -0.143. The van der Waals surface area contributed by atoms with Crippen molar-refractivity contribution in [2.75, 3.05) is 12.9 Å². The Kier molecular flexibility index (Phi) is 4.97. The highest BCUT2D eigenvalue weighted by molar-refractivity contribution is 7.99. The first-order valence-corrected chi connectivity index (χ1v) is 11.5. The summed E-state index contributed by atoms with van der Waals surface area (Å²) in [5, 5.41) is 0. The number of methoxy groups -OCH3 is 1. The molecular formula is C20H20FNO4S2. The van der Waals surface area contributed by atoms with Gasteiger partial charge in [0.1, 0.15) is 5.82 Å². The second-order valence-corrected chi connectivity index (χ2v) is 9.94. The lowest BCUT2D eigenvalue weighted by Crippen LogP contribution is -2.31. The molecule has 0 spiro atoms. The zero-order valence-electron chi connectivity index (χ0n) is 15.3. The molecule has 4 rings (SSSR count). The molecule has 1 saturated carbocycles. The summed E-state index contributed by atoms with van der Waals surface area (Å²) < 4.78 is 46.9. The minimum atomic E-state index is -3.78. The van der Waals surface area contributed by atoms with Crippen molar-refractivity contribution in [3.05, 3.63) is 59.4 Å². The summed E-state index contributed by atoms with van der Waals surface area (Å²) in [6, 6.07) is 10.3. The quantitative estimate of drug-likeness (QED) is 0.748. The van der Waals surface area contributed by atoms with Crippen molar-refractivity contribution in [3.63, 3.8) is 0 Å². The van der Waals surface area contributed by atoms with E-state index in [-0.39, 0.29) is 16.7 Å². The summed E-state index contributed by atoms with van der Waals surface area (Å²) >= 11 is 1.59. The number of ether oxygens (including phenoxy) is 1. The number of halogens is 1. The molecule has 0 aromatic heterocycles. The van der Waals surface area contributed by atoms with Gasteiger partial charge in [-0.15, -0.1) is 11.8 Å². The van der Waals surface area contributed by atoms with Crippen molar-refractivity contribution >= 4 is 27.8 Å². The number of nitrogens with one attached hydrogen (secondary N) is 1. The van der Waals surface area contributed by atoms with Crippen LogP contribution < -0.4 is 4.72 Å². The number of hydrogen-bond donors (Lipinski definition) is 1. The van der Waals surface area contributed by atoms with Crippen LogP contribution in [0.25, 0.3) is 0 Å². The molecule has 1 aliphatic carbocycles. The van der Waals surface area contributed by atoms with Crippen molar-refractivity contribution in [3.8, 4) is 0 Å². The van der Waals surface area contributed by atoms with Gasteiger partial charge >= 0.3 is 5.97 Å². The van der Waals surface area contributed by atoms with E-state index < -0.39 is 21.5 Å². The van der Waals surface area contributed by atoms with Crippen LogP contribution in [0.4, 0.5) is 4.39 Å². The van der Waals surface area contributed by atoms with Gasteiger partial charge in [0.05, 0.1) is 17.4 Å². The van der Waals surface area contributed by atoms with E-state index in [2.05, 4.69) is 4.72 Å². The Morgan fingerprint density at radius 3 is 2.57 bits per heavy atom. The predicted octanol–water partition coefficient (Wildman–Crippen LogP) is 3.55. The Hall–Kier alpha value is -1.90. The van der Waals surface area contributed by atoms with Crippen molar-refractivity contribution in [1.29, 1.82) is 0 Å². The number of thioether (sulfide) groups is 1. The third kappa shape index (κ3) is 3.44. The summed E-state index contributed by atoms with van der Waals surface area (Å²) in [6.45, 7) is 0. The van der Waals surface area contributed by atoms with Gasteiger partial charge in [-0.3, -0.25) is 4.79 Å². The predicted molar refractivity (Wildman–Crippen MR) is 104 cm³/mol. The summed E-state index contributed by atoms with van der Waals surface area (Å²) in [5.74, 6) is 0.0822. The number of carbonyl (C=O) groups is 1. The number of fused-ring (bicyclic) bond motifs is 1. The van der Waals surface area contributed by atoms with Gasteiger partial charge in [0.25, 0.3) is 0 Å². The van der Waals surface area contributed by atoms with Crippen LogP contribution in [0.5, 0.6) is 0 Å². The maximum Gasteiger partial charge on any atom is 0.316 e. The summed E-state index contributed by atoms with van der Waals surface area (Å²) in [7, 11) is -2.43. The molecule has 8 heteroatoms. The van der Waals surface area contributed by atoms with Crippen molar-refractivity contribution < 1.29 is 22.3 Å². The van der Waals surface area contributed by atoms with Gasteiger partial charge in [0.2, 0.25) is 10.0 Å². The fraction of sp³-hybridized carbons (Fsp3) is 0.350. The molecule has 2 aromatic rings. The highest BCUT2D eigenvalue weighted by Crippen LogP contribution is 2.49. The smallest absolute Gasteiger partial charge is 0.316 e. The van der Waals surface area contributed by atoms with E-state index in [4.69, 9.17) is 4.74 Å². The normalized spacial score (nSPS) is 20.3. The average Bonchev–Trinajstić information content (AvgIpc) is 3.50. The van der Waals surface area contributed by atoms with Gasteiger partial charge in [-0.25, -0.2) is 17.5 Å². The van der Waals surface area contributed by atoms with Gasteiger partial charge in [0, 0.05) is 10.9 Å². The summed E-state index contributed by atoms with van der Waals surface area (Å²) in [4.78, 5) is 13.0. The molecule has 1 aliphatic heterocycles. The van der Waals surface area contributed by atoms with E-state index in [1.807, 2.05) is 0 Å². The van der Waals surface area contributed by atoms with Crippen LogP contribution >= 0.6 is 11.8 Å². The molecule has 0 amide bonds. The monoisotopic (exact) mass is 421 g/mol. The lowest BCUT2D eigenvalue weighted by Gasteiger charge is -2.26. The Balaban J connectivity index is 1.57. The topological polar surface area (TPSA) is 72.5 Å². The van der Waals surface area contributed by atoms with Gasteiger partial charge in [0.15, 0.2) is 0 Å².